The van der Waals surface area contributed by atoms with Gasteiger partial charge in [-0.2, -0.15) is 4.31 Å². The number of rotatable bonds is 14. The van der Waals surface area contributed by atoms with E-state index in [-0.39, 0.29) is 19.4 Å². The minimum atomic E-state index is -4.92. The van der Waals surface area contributed by atoms with Crippen LogP contribution < -0.4 is 6.15 Å². The first-order valence-corrected chi connectivity index (χ1v) is 10.5. The first-order valence-electron chi connectivity index (χ1n) is 7.49. The zero-order chi connectivity index (χ0) is 16.2. The molecule has 10 heteroatoms. The fraction of sp³-hybridized carbons (Fsp3) is 1.00. The van der Waals surface area contributed by atoms with E-state index in [2.05, 4.69) is 18.2 Å². The Labute approximate surface area is 133 Å². The van der Waals surface area contributed by atoms with Crippen molar-refractivity contribution in [2.45, 2.75) is 65.2 Å². The monoisotopic (exact) mass is 363 g/mol. The van der Waals surface area contributed by atoms with Crippen LogP contribution in [-0.2, 0) is 22.5 Å². The Morgan fingerprint density at radius 2 is 1.18 bits per heavy atom. The summed E-state index contributed by atoms with van der Waals surface area (Å²) >= 11 is 0. The number of phosphoric acid groups is 2. The quantitative estimate of drug-likeness (QED) is 0.302. The van der Waals surface area contributed by atoms with E-state index in [1.165, 1.54) is 0 Å². The molecule has 5 N–H and O–H groups in total. The molecule has 136 valence electrons. The molecular weight excluding hydrogens is 332 g/mol. The second-order valence-electron chi connectivity index (χ2n) is 4.81. The zero-order valence-electron chi connectivity index (χ0n) is 13.6. The first kappa shape index (κ1) is 24.5. The lowest BCUT2D eigenvalue weighted by Gasteiger charge is -2.18. The average Bonchev–Trinajstić information content (AvgIpc) is 2.36. The van der Waals surface area contributed by atoms with E-state index >= 15 is 0 Å². The minimum Gasteiger partial charge on any atom is -0.344 e. The van der Waals surface area contributed by atoms with Crippen LogP contribution in [0.4, 0.5) is 0 Å². The Hall–Kier alpha value is 0.220. The van der Waals surface area contributed by atoms with Gasteiger partial charge in [0.15, 0.2) is 0 Å². The van der Waals surface area contributed by atoms with Gasteiger partial charge in [-0.15, -0.1) is 0 Å². The maximum absolute atomic E-state index is 12.1. The lowest BCUT2D eigenvalue weighted by atomic mass is 10.2. The minimum absolute atomic E-state index is 0. The first-order chi connectivity index (χ1) is 9.83. The Balaban J connectivity index is 0. The molecule has 0 radical (unpaired) electrons. The lowest BCUT2D eigenvalue weighted by Crippen LogP contribution is -2.02. The van der Waals surface area contributed by atoms with Crippen LogP contribution in [0.15, 0.2) is 0 Å². The van der Waals surface area contributed by atoms with Crippen molar-refractivity contribution in [2.75, 3.05) is 13.2 Å². The fourth-order valence-corrected chi connectivity index (χ4v) is 3.82. The highest BCUT2D eigenvalue weighted by atomic mass is 31.3. The lowest BCUT2D eigenvalue weighted by molar-refractivity contribution is 0.136. The molecule has 0 heterocycles. The molecule has 0 aliphatic carbocycles. The highest BCUT2D eigenvalue weighted by molar-refractivity contribution is 7.61. The van der Waals surface area contributed by atoms with Crippen molar-refractivity contribution in [2.24, 2.45) is 0 Å². The van der Waals surface area contributed by atoms with Gasteiger partial charge < -0.3 is 15.9 Å². The Kier molecular flexibility index (Phi) is 15.2. The molecule has 0 aromatic rings. The van der Waals surface area contributed by atoms with E-state index in [0.717, 1.165) is 38.5 Å². The maximum atomic E-state index is 12.1. The van der Waals surface area contributed by atoms with Gasteiger partial charge in [-0.3, -0.25) is 9.05 Å². The molecule has 0 unspecified atom stereocenters. The van der Waals surface area contributed by atoms with Gasteiger partial charge in [-0.25, -0.2) is 9.13 Å². The standard InChI is InChI=1S/C12H28O7P2.H3N/c1-3-5-7-9-11-17-21(16,19-20(13,14)15)18-12-10-8-6-4-2;/h3-12H2,1-2H3,(H2,13,14,15);1H3. The van der Waals surface area contributed by atoms with Gasteiger partial charge in [0, 0.05) is 0 Å². The highest BCUT2D eigenvalue weighted by Crippen LogP contribution is 2.61. The normalized spacial score (nSPS) is 12.2. The molecule has 0 aliphatic rings. The summed E-state index contributed by atoms with van der Waals surface area (Å²) < 4.78 is 37.2. The molecule has 0 atom stereocenters. The van der Waals surface area contributed by atoms with Gasteiger partial charge in [0.25, 0.3) is 0 Å². The van der Waals surface area contributed by atoms with Gasteiger partial charge in [-0.05, 0) is 12.8 Å². The predicted octanol–water partition coefficient (Wildman–Crippen LogP) is 4.56. The summed E-state index contributed by atoms with van der Waals surface area (Å²) in [6, 6.07) is 0. The third-order valence-electron chi connectivity index (χ3n) is 2.70. The summed E-state index contributed by atoms with van der Waals surface area (Å²) in [4.78, 5) is 17.6. The SMILES string of the molecule is CCCCCCOP(=O)(OCCCCCC)OP(=O)(O)O.N. The highest BCUT2D eigenvalue weighted by Gasteiger charge is 2.35. The van der Waals surface area contributed by atoms with Crippen molar-refractivity contribution >= 4 is 15.6 Å². The molecule has 0 saturated heterocycles. The topological polar surface area (TPSA) is 137 Å². The summed E-state index contributed by atoms with van der Waals surface area (Å²) in [5, 5.41) is 0. The second-order valence-corrected chi connectivity index (χ2v) is 7.85. The molecular formula is C12H31NO7P2. The van der Waals surface area contributed by atoms with Gasteiger partial charge in [0.1, 0.15) is 0 Å². The van der Waals surface area contributed by atoms with Crippen LogP contribution in [0.3, 0.4) is 0 Å². The summed E-state index contributed by atoms with van der Waals surface area (Å²) in [6.07, 6.45) is 7.19. The van der Waals surface area contributed by atoms with Gasteiger partial charge in [-0.1, -0.05) is 52.4 Å². The van der Waals surface area contributed by atoms with Crippen molar-refractivity contribution in [3.63, 3.8) is 0 Å². The molecule has 0 saturated carbocycles. The summed E-state index contributed by atoms with van der Waals surface area (Å²) in [6.45, 7) is 4.29. The van der Waals surface area contributed by atoms with Crippen LogP contribution in [0.2, 0.25) is 0 Å². The van der Waals surface area contributed by atoms with Crippen LogP contribution in [0.5, 0.6) is 0 Å². The van der Waals surface area contributed by atoms with E-state index in [4.69, 9.17) is 18.8 Å². The molecule has 0 aromatic heterocycles. The van der Waals surface area contributed by atoms with Crippen molar-refractivity contribution < 1.29 is 32.3 Å². The summed E-state index contributed by atoms with van der Waals surface area (Å²) in [5.74, 6) is 0. The molecule has 8 nitrogen and oxygen atoms in total. The van der Waals surface area contributed by atoms with Gasteiger partial charge in [0.2, 0.25) is 0 Å². The van der Waals surface area contributed by atoms with E-state index < -0.39 is 15.6 Å². The van der Waals surface area contributed by atoms with Crippen molar-refractivity contribution in [3.05, 3.63) is 0 Å². The largest absolute Gasteiger partial charge is 0.483 e. The fourth-order valence-electron chi connectivity index (χ4n) is 1.63. The van der Waals surface area contributed by atoms with Crippen LogP contribution >= 0.6 is 15.6 Å². The van der Waals surface area contributed by atoms with Crippen LogP contribution in [0, 0.1) is 0 Å². The van der Waals surface area contributed by atoms with Crippen molar-refractivity contribution in [1.29, 1.82) is 0 Å². The van der Waals surface area contributed by atoms with E-state index in [9.17, 15) is 9.13 Å². The molecule has 0 rings (SSSR count). The molecule has 0 bridgehead atoms. The van der Waals surface area contributed by atoms with Crippen molar-refractivity contribution in [1.82, 2.24) is 6.15 Å². The van der Waals surface area contributed by atoms with Crippen molar-refractivity contribution in [3.8, 4) is 0 Å². The van der Waals surface area contributed by atoms with Gasteiger partial charge >= 0.3 is 15.6 Å². The number of hydrogen-bond donors (Lipinski definition) is 3. The van der Waals surface area contributed by atoms with Gasteiger partial charge in [0.05, 0.1) is 13.2 Å². The van der Waals surface area contributed by atoms with Crippen LogP contribution in [-0.4, -0.2) is 23.0 Å². The summed E-state index contributed by atoms with van der Waals surface area (Å²) in [7, 11) is -9.12. The third-order valence-corrected chi connectivity index (χ3v) is 5.35. The summed E-state index contributed by atoms with van der Waals surface area (Å²) in [5.41, 5.74) is 0. The maximum Gasteiger partial charge on any atom is 0.483 e. The second kappa shape index (κ2) is 13.6. The van der Waals surface area contributed by atoms with Crippen LogP contribution in [0.25, 0.3) is 0 Å². The van der Waals surface area contributed by atoms with E-state index in [0.29, 0.717) is 12.8 Å². The molecule has 0 spiro atoms. The van der Waals surface area contributed by atoms with E-state index in [1.807, 2.05) is 0 Å². The Bertz CT molecular complexity index is 330. The molecule has 22 heavy (non-hydrogen) atoms. The average molecular weight is 363 g/mol. The molecule has 0 aromatic carbocycles. The molecule has 0 amide bonds. The zero-order valence-corrected chi connectivity index (χ0v) is 15.4. The number of phosphoric ester groups is 1. The number of unbranched alkanes of at least 4 members (excludes halogenated alkanes) is 6. The van der Waals surface area contributed by atoms with E-state index in [1.54, 1.807) is 0 Å². The molecule has 0 fully saturated rings. The molecule has 0 aliphatic heterocycles. The predicted molar refractivity (Wildman–Crippen MR) is 85.9 cm³/mol. The number of hydrogen-bond acceptors (Lipinski definition) is 6. The smallest absolute Gasteiger partial charge is 0.344 e. The third kappa shape index (κ3) is 15.1. The Morgan fingerprint density at radius 3 is 1.50 bits per heavy atom. The van der Waals surface area contributed by atoms with Crippen LogP contribution in [0.1, 0.15) is 65.2 Å². The Morgan fingerprint density at radius 1 is 0.773 bits per heavy atom.